The van der Waals surface area contributed by atoms with Crippen LogP contribution in [0.25, 0.3) is 0 Å². The zero-order valence-corrected chi connectivity index (χ0v) is 24.2. The summed E-state index contributed by atoms with van der Waals surface area (Å²) in [5.41, 5.74) is 2.60. The van der Waals surface area contributed by atoms with Crippen LogP contribution < -0.4 is 0 Å². The number of hydrogen-bond donors (Lipinski definition) is 2. The number of fused-ring (bicyclic) bond motifs is 5. The molecule has 0 amide bonds. The van der Waals surface area contributed by atoms with Crippen molar-refractivity contribution in [2.45, 2.75) is 131 Å². The third kappa shape index (κ3) is 6.51. The highest BCUT2D eigenvalue weighted by atomic mass is 16.7. The first kappa shape index (κ1) is 29.5. The van der Waals surface area contributed by atoms with Crippen LogP contribution in [-0.2, 0) is 4.74 Å². The standard InChI is InChI=1S/C27H46O.C5H10O3/c1-18(2)7-6-8-19(3)23-11-12-24-22-10-9-20-17-21(28)13-15-26(20,4)25(22)14-16-27(23,24)5;1-2-3-4-8-5(6)7/h9,18-19,21-25,28H,6-8,10-17H2,1-5H3;2-4H2,1H3,(H,6,7)/t19-,21+,22+,23-,24+,25+,26+,27-;/m1./s1. The van der Waals surface area contributed by atoms with E-state index in [1.165, 1.54) is 57.8 Å². The largest absolute Gasteiger partial charge is 0.505 e. The molecule has 0 unspecified atom stereocenters. The number of unbranched alkanes of at least 4 members (excludes halogenated alkanes) is 1. The fourth-order valence-corrected chi connectivity index (χ4v) is 8.97. The number of carbonyl (C=O) groups is 1. The van der Waals surface area contributed by atoms with Crippen LogP contribution in [0, 0.1) is 46.3 Å². The summed E-state index contributed by atoms with van der Waals surface area (Å²) in [5.74, 6) is 5.46. The molecule has 36 heavy (non-hydrogen) atoms. The topological polar surface area (TPSA) is 66.8 Å². The second-order valence-electron chi connectivity index (χ2n) is 13.7. The van der Waals surface area contributed by atoms with Gasteiger partial charge in [0.25, 0.3) is 0 Å². The van der Waals surface area contributed by atoms with Crippen molar-refractivity contribution >= 4 is 6.16 Å². The SMILES string of the molecule is CC(C)CCC[C@@H](C)[C@H]1CC[C@H]2[C@@H]3CC=C4C[C@@H](O)CC[C@]4(C)[C@H]3CC[C@]12C.CCCCOC(=O)O. The second kappa shape index (κ2) is 12.7. The molecular weight excluding hydrogens is 448 g/mol. The Morgan fingerprint density at radius 1 is 1.06 bits per heavy atom. The van der Waals surface area contributed by atoms with Gasteiger partial charge in [-0.05, 0) is 104 Å². The van der Waals surface area contributed by atoms with E-state index >= 15 is 0 Å². The van der Waals surface area contributed by atoms with Crippen molar-refractivity contribution < 1.29 is 19.7 Å². The first-order valence-corrected chi connectivity index (χ1v) is 15.3. The minimum atomic E-state index is -1.18. The molecule has 3 saturated carbocycles. The smallest absolute Gasteiger partial charge is 0.450 e. The minimum absolute atomic E-state index is 0.0766. The normalized spacial score (nSPS) is 38.1. The summed E-state index contributed by atoms with van der Waals surface area (Å²) in [5, 5.41) is 18.1. The van der Waals surface area contributed by atoms with Gasteiger partial charge >= 0.3 is 6.16 Å². The van der Waals surface area contributed by atoms with Crippen molar-refractivity contribution in [3.05, 3.63) is 11.6 Å². The molecule has 0 aliphatic heterocycles. The molecule has 0 heterocycles. The number of ether oxygens (including phenoxy) is 1. The van der Waals surface area contributed by atoms with Crippen LogP contribution in [-0.4, -0.2) is 29.1 Å². The van der Waals surface area contributed by atoms with Crippen molar-refractivity contribution in [2.75, 3.05) is 6.61 Å². The lowest BCUT2D eigenvalue weighted by molar-refractivity contribution is -0.0573. The van der Waals surface area contributed by atoms with Crippen LogP contribution in [0.4, 0.5) is 4.79 Å². The van der Waals surface area contributed by atoms with E-state index in [0.29, 0.717) is 17.4 Å². The Morgan fingerprint density at radius 3 is 2.47 bits per heavy atom. The third-order valence-corrected chi connectivity index (χ3v) is 11.0. The highest BCUT2D eigenvalue weighted by molar-refractivity contribution is 5.56. The molecule has 2 N–H and O–H groups in total. The predicted octanol–water partition coefficient (Wildman–Crippen LogP) is 8.87. The Hall–Kier alpha value is -1.03. The van der Waals surface area contributed by atoms with E-state index in [0.717, 1.165) is 61.2 Å². The lowest BCUT2D eigenvalue weighted by Gasteiger charge is -2.58. The Balaban J connectivity index is 0.000000392. The average Bonchev–Trinajstić information content (AvgIpc) is 3.17. The molecule has 208 valence electrons. The number of carboxylic acid groups (broad SMARTS) is 1. The Bertz CT molecular complexity index is 744. The number of rotatable bonds is 8. The number of hydrogen-bond acceptors (Lipinski definition) is 3. The van der Waals surface area contributed by atoms with Gasteiger partial charge in [0.15, 0.2) is 0 Å². The summed E-state index contributed by atoms with van der Waals surface area (Å²) in [6.45, 7) is 14.9. The van der Waals surface area contributed by atoms with E-state index in [2.05, 4.69) is 45.4 Å². The maximum atomic E-state index is 10.2. The Kier molecular flexibility index (Phi) is 10.4. The molecule has 0 aromatic rings. The molecule has 0 aromatic heterocycles. The lowest BCUT2D eigenvalue weighted by atomic mass is 9.47. The number of aliphatic hydroxyl groups excluding tert-OH is 1. The molecule has 4 heteroatoms. The molecule has 0 bridgehead atoms. The van der Waals surface area contributed by atoms with Gasteiger partial charge in [0.1, 0.15) is 0 Å². The first-order chi connectivity index (χ1) is 17.0. The van der Waals surface area contributed by atoms with Gasteiger partial charge in [-0.25, -0.2) is 4.79 Å². The van der Waals surface area contributed by atoms with Crippen LogP contribution >= 0.6 is 0 Å². The summed E-state index contributed by atoms with van der Waals surface area (Å²) in [6, 6.07) is 0. The van der Waals surface area contributed by atoms with E-state index in [9.17, 15) is 9.90 Å². The zero-order chi connectivity index (χ0) is 26.5. The maximum Gasteiger partial charge on any atom is 0.505 e. The molecule has 4 aliphatic rings. The molecule has 0 aromatic carbocycles. The van der Waals surface area contributed by atoms with Gasteiger partial charge in [-0.2, -0.15) is 0 Å². The first-order valence-electron chi connectivity index (χ1n) is 15.3. The summed E-state index contributed by atoms with van der Waals surface area (Å²) < 4.78 is 4.20. The van der Waals surface area contributed by atoms with E-state index < -0.39 is 6.16 Å². The molecule has 3 fully saturated rings. The maximum absolute atomic E-state index is 10.2. The van der Waals surface area contributed by atoms with Crippen LogP contribution in [0.15, 0.2) is 11.6 Å². The fourth-order valence-electron chi connectivity index (χ4n) is 8.97. The third-order valence-electron chi connectivity index (χ3n) is 11.0. The Labute approximate surface area is 221 Å². The van der Waals surface area contributed by atoms with Crippen molar-refractivity contribution in [2.24, 2.45) is 46.3 Å². The van der Waals surface area contributed by atoms with Gasteiger partial charge in [0, 0.05) is 0 Å². The average molecular weight is 505 g/mol. The van der Waals surface area contributed by atoms with E-state index in [1.54, 1.807) is 5.57 Å². The van der Waals surface area contributed by atoms with Gasteiger partial charge in [-0.1, -0.05) is 78.9 Å². The predicted molar refractivity (Wildman–Crippen MR) is 148 cm³/mol. The highest BCUT2D eigenvalue weighted by Gasteiger charge is 2.59. The van der Waals surface area contributed by atoms with Gasteiger partial charge in [0.05, 0.1) is 12.7 Å². The van der Waals surface area contributed by atoms with Crippen LogP contribution in [0.3, 0.4) is 0 Å². The van der Waals surface area contributed by atoms with Gasteiger partial charge in [-0.3, -0.25) is 0 Å². The lowest BCUT2D eigenvalue weighted by Crippen LogP contribution is -2.50. The van der Waals surface area contributed by atoms with Gasteiger partial charge in [-0.15, -0.1) is 0 Å². The molecule has 4 rings (SSSR count). The molecule has 0 radical (unpaired) electrons. The number of aliphatic hydroxyl groups is 1. The van der Waals surface area contributed by atoms with Crippen molar-refractivity contribution in [3.8, 4) is 0 Å². The van der Waals surface area contributed by atoms with E-state index in [-0.39, 0.29) is 6.10 Å². The molecule has 0 spiro atoms. The van der Waals surface area contributed by atoms with Crippen LogP contribution in [0.5, 0.6) is 0 Å². The summed E-state index contributed by atoms with van der Waals surface area (Å²) in [7, 11) is 0. The molecule has 4 aliphatic carbocycles. The molecule has 0 saturated heterocycles. The summed E-state index contributed by atoms with van der Waals surface area (Å²) in [4.78, 5) is 9.65. The van der Waals surface area contributed by atoms with Gasteiger partial charge < -0.3 is 14.9 Å². The highest BCUT2D eigenvalue weighted by Crippen LogP contribution is 2.67. The zero-order valence-electron chi connectivity index (χ0n) is 24.2. The van der Waals surface area contributed by atoms with Crippen molar-refractivity contribution in [3.63, 3.8) is 0 Å². The molecule has 8 atom stereocenters. The number of allylic oxidation sites excluding steroid dienone is 1. The van der Waals surface area contributed by atoms with E-state index in [4.69, 9.17) is 5.11 Å². The summed E-state index contributed by atoms with van der Waals surface area (Å²) >= 11 is 0. The fraction of sp³-hybridized carbons (Fsp3) is 0.906. The van der Waals surface area contributed by atoms with Crippen molar-refractivity contribution in [1.82, 2.24) is 0 Å². The Morgan fingerprint density at radius 2 is 1.81 bits per heavy atom. The van der Waals surface area contributed by atoms with Crippen LogP contribution in [0.2, 0.25) is 0 Å². The monoisotopic (exact) mass is 504 g/mol. The molecule has 4 nitrogen and oxygen atoms in total. The quantitative estimate of drug-likeness (QED) is 0.197. The van der Waals surface area contributed by atoms with Gasteiger partial charge in [0.2, 0.25) is 0 Å². The van der Waals surface area contributed by atoms with E-state index in [1.807, 2.05) is 6.92 Å². The molecular formula is C32H56O4. The van der Waals surface area contributed by atoms with Crippen molar-refractivity contribution in [1.29, 1.82) is 0 Å². The minimum Gasteiger partial charge on any atom is -0.450 e. The second-order valence-corrected chi connectivity index (χ2v) is 13.7. The van der Waals surface area contributed by atoms with Crippen LogP contribution in [0.1, 0.15) is 125 Å². The summed E-state index contributed by atoms with van der Waals surface area (Å²) in [6.07, 6.45) is 17.8.